The van der Waals surface area contributed by atoms with Crippen molar-refractivity contribution in [2.45, 2.75) is 39.3 Å². The third kappa shape index (κ3) is 3.75. The zero-order chi connectivity index (χ0) is 13.1. The second-order valence-corrected chi connectivity index (χ2v) is 5.34. The first-order valence-corrected chi connectivity index (χ1v) is 6.03. The Morgan fingerprint density at radius 2 is 1.88 bits per heavy atom. The average Bonchev–Trinajstić information content (AvgIpc) is 2.26. The van der Waals surface area contributed by atoms with Gasteiger partial charge in [0.2, 0.25) is 0 Å². The first-order valence-electron chi connectivity index (χ1n) is 6.03. The van der Waals surface area contributed by atoms with Gasteiger partial charge in [-0.25, -0.2) is 0 Å². The summed E-state index contributed by atoms with van der Waals surface area (Å²) >= 11 is 0. The fourth-order valence-corrected chi connectivity index (χ4v) is 1.50. The summed E-state index contributed by atoms with van der Waals surface area (Å²) in [6.07, 6.45) is 3.48. The van der Waals surface area contributed by atoms with Crippen molar-refractivity contribution in [2.75, 3.05) is 20.6 Å². The number of hydrogen-bond acceptors (Lipinski definition) is 4. The summed E-state index contributed by atoms with van der Waals surface area (Å²) in [6.45, 7) is 9.48. The Morgan fingerprint density at radius 1 is 1.29 bits per heavy atom. The highest BCUT2D eigenvalue weighted by molar-refractivity contribution is 5.12. The van der Waals surface area contributed by atoms with Gasteiger partial charge in [0.05, 0.1) is 11.4 Å². The molecule has 1 heterocycles. The van der Waals surface area contributed by atoms with Crippen molar-refractivity contribution in [3.63, 3.8) is 0 Å². The number of aromatic nitrogens is 2. The Bertz CT molecular complexity index is 360. The van der Waals surface area contributed by atoms with E-state index in [-0.39, 0.29) is 11.6 Å². The molecule has 0 aliphatic rings. The number of hydrogen-bond donors (Lipinski definition) is 1. The Labute approximate surface area is 104 Å². The molecule has 4 heteroatoms. The molecule has 1 aromatic heterocycles. The normalized spacial score (nSPS) is 14.1. The van der Waals surface area contributed by atoms with Crippen molar-refractivity contribution < 1.29 is 0 Å². The molecule has 1 N–H and O–H groups in total. The number of likely N-dealkylation sites (N-methyl/N-ethyl adjacent to an activating group) is 1. The zero-order valence-corrected chi connectivity index (χ0v) is 11.8. The van der Waals surface area contributed by atoms with E-state index in [4.69, 9.17) is 0 Å². The molecule has 17 heavy (non-hydrogen) atoms. The van der Waals surface area contributed by atoms with Crippen LogP contribution in [0.15, 0.2) is 12.4 Å². The number of rotatable bonds is 5. The molecular weight excluding hydrogens is 212 g/mol. The van der Waals surface area contributed by atoms with Crippen LogP contribution in [-0.4, -0.2) is 41.0 Å². The van der Waals surface area contributed by atoms with E-state index in [0.29, 0.717) is 0 Å². The second-order valence-electron chi connectivity index (χ2n) is 5.34. The molecule has 1 atom stereocenters. The number of aryl methyl sites for hydroxylation is 1. The van der Waals surface area contributed by atoms with E-state index in [2.05, 4.69) is 55.1 Å². The largest absolute Gasteiger partial charge is 0.307 e. The van der Waals surface area contributed by atoms with Gasteiger partial charge in [0.1, 0.15) is 0 Å². The van der Waals surface area contributed by atoms with Crippen molar-refractivity contribution in [3.8, 4) is 0 Å². The van der Waals surface area contributed by atoms with Gasteiger partial charge in [-0.15, -0.1) is 0 Å². The summed E-state index contributed by atoms with van der Waals surface area (Å²) in [4.78, 5) is 10.9. The van der Waals surface area contributed by atoms with Crippen molar-refractivity contribution in [1.82, 2.24) is 20.2 Å². The van der Waals surface area contributed by atoms with Crippen LogP contribution in [0.4, 0.5) is 0 Å². The number of nitrogens with zero attached hydrogens (tertiary/aromatic N) is 3. The Balaban J connectivity index is 2.62. The molecule has 4 nitrogen and oxygen atoms in total. The summed E-state index contributed by atoms with van der Waals surface area (Å²) < 4.78 is 0. The van der Waals surface area contributed by atoms with Gasteiger partial charge in [-0.3, -0.25) is 9.97 Å². The highest BCUT2D eigenvalue weighted by Gasteiger charge is 2.21. The maximum absolute atomic E-state index is 4.39. The lowest BCUT2D eigenvalue weighted by molar-refractivity contribution is 0.185. The minimum absolute atomic E-state index is 0.129. The minimum atomic E-state index is 0.129. The molecular formula is C13H24N4. The standard InChI is InChI=1S/C13H24N4/c1-10-12(15-8-7-14-10)11(2)16-9-13(3,4)17(5)6/h7-8,11,16H,9H2,1-6H3. The zero-order valence-electron chi connectivity index (χ0n) is 11.8. The van der Waals surface area contributed by atoms with Crippen molar-refractivity contribution in [2.24, 2.45) is 0 Å². The van der Waals surface area contributed by atoms with Gasteiger partial charge in [0.25, 0.3) is 0 Å². The molecule has 0 fully saturated rings. The molecule has 0 radical (unpaired) electrons. The average molecular weight is 236 g/mol. The maximum Gasteiger partial charge on any atom is 0.0782 e. The molecule has 0 aliphatic carbocycles. The highest BCUT2D eigenvalue weighted by Crippen LogP contribution is 2.14. The third-order valence-corrected chi connectivity index (χ3v) is 3.38. The topological polar surface area (TPSA) is 41.1 Å². The summed E-state index contributed by atoms with van der Waals surface area (Å²) in [7, 11) is 4.19. The predicted octanol–water partition coefficient (Wildman–Crippen LogP) is 1.78. The van der Waals surface area contributed by atoms with Gasteiger partial charge in [-0.1, -0.05) is 0 Å². The fraction of sp³-hybridized carbons (Fsp3) is 0.692. The van der Waals surface area contributed by atoms with Crippen LogP contribution in [0.5, 0.6) is 0 Å². The Kier molecular flexibility index (Phi) is 4.60. The number of nitrogens with one attached hydrogen (secondary N) is 1. The maximum atomic E-state index is 4.39. The molecule has 0 aliphatic heterocycles. The lowest BCUT2D eigenvalue weighted by atomic mass is 10.0. The van der Waals surface area contributed by atoms with Crippen LogP contribution in [-0.2, 0) is 0 Å². The lowest BCUT2D eigenvalue weighted by Gasteiger charge is -2.34. The Morgan fingerprint density at radius 3 is 2.41 bits per heavy atom. The van der Waals surface area contributed by atoms with Crippen molar-refractivity contribution in [1.29, 1.82) is 0 Å². The van der Waals surface area contributed by atoms with E-state index in [1.165, 1.54) is 0 Å². The van der Waals surface area contributed by atoms with E-state index >= 15 is 0 Å². The summed E-state index contributed by atoms with van der Waals surface area (Å²) in [5, 5.41) is 3.52. The first kappa shape index (κ1) is 14.1. The molecule has 0 saturated carbocycles. The van der Waals surface area contributed by atoms with Gasteiger partial charge in [-0.05, 0) is 41.8 Å². The summed E-state index contributed by atoms with van der Waals surface area (Å²) in [6, 6.07) is 0.225. The van der Waals surface area contributed by atoms with Crippen molar-refractivity contribution in [3.05, 3.63) is 23.8 Å². The minimum Gasteiger partial charge on any atom is -0.307 e. The van der Waals surface area contributed by atoms with Crippen molar-refractivity contribution >= 4 is 0 Å². The predicted molar refractivity (Wildman–Crippen MR) is 71.0 cm³/mol. The van der Waals surface area contributed by atoms with E-state index in [0.717, 1.165) is 17.9 Å². The molecule has 0 amide bonds. The second kappa shape index (κ2) is 5.56. The van der Waals surface area contributed by atoms with E-state index in [9.17, 15) is 0 Å². The van der Waals surface area contributed by atoms with Crippen LogP contribution in [0.25, 0.3) is 0 Å². The van der Waals surface area contributed by atoms with E-state index in [1.807, 2.05) is 6.92 Å². The van der Waals surface area contributed by atoms with Gasteiger partial charge >= 0.3 is 0 Å². The van der Waals surface area contributed by atoms with Crippen LogP contribution >= 0.6 is 0 Å². The van der Waals surface area contributed by atoms with Crippen LogP contribution in [0.3, 0.4) is 0 Å². The van der Waals surface area contributed by atoms with Gasteiger partial charge in [0, 0.05) is 30.5 Å². The highest BCUT2D eigenvalue weighted by atomic mass is 15.2. The van der Waals surface area contributed by atoms with Gasteiger partial charge < -0.3 is 10.2 Å². The van der Waals surface area contributed by atoms with Crippen LogP contribution in [0.2, 0.25) is 0 Å². The molecule has 1 unspecified atom stereocenters. The van der Waals surface area contributed by atoms with E-state index in [1.54, 1.807) is 12.4 Å². The quantitative estimate of drug-likeness (QED) is 0.846. The van der Waals surface area contributed by atoms with Gasteiger partial charge in [-0.2, -0.15) is 0 Å². The monoisotopic (exact) mass is 236 g/mol. The smallest absolute Gasteiger partial charge is 0.0782 e. The van der Waals surface area contributed by atoms with E-state index < -0.39 is 0 Å². The SMILES string of the molecule is Cc1nccnc1C(C)NCC(C)(C)N(C)C. The van der Waals surface area contributed by atoms with Gasteiger partial charge in [0.15, 0.2) is 0 Å². The molecule has 0 aromatic carbocycles. The van der Waals surface area contributed by atoms with Crippen LogP contribution in [0, 0.1) is 6.92 Å². The molecule has 0 spiro atoms. The molecule has 1 aromatic rings. The molecule has 0 saturated heterocycles. The Hall–Kier alpha value is -1.00. The lowest BCUT2D eigenvalue weighted by Crippen LogP contribution is -2.47. The first-order chi connectivity index (χ1) is 7.84. The summed E-state index contributed by atoms with van der Waals surface area (Å²) in [5.41, 5.74) is 2.15. The fourth-order valence-electron chi connectivity index (χ4n) is 1.50. The van der Waals surface area contributed by atoms with Crippen LogP contribution < -0.4 is 5.32 Å². The summed E-state index contributed by atoms with van der Waals surface area (Å²) in [5.74, 6) is 0. The molecule has 0 bridgehead atoms. The van der Waals surface area contributed by atoms with Crippen LogP contribution in [0.1, 0.15) is 38.2 Å². The molecule has 1 rings (SSSR count). The molecule has 96 valence electrons. The third-order valence-electron chi connectivity index (χ3n) is 3.38.